The predicted octanol–water partition coefficient (Wildman–Crippen LogP) is 4.49. The first-order valence-electron chi connectivity index (χ1n) is 7.11. The van der Waals surface area contributed by atoms with E-state index in [1.165, 1.54) is 0 Å². The van der Waals surface area contributed by atoms with Gasteiger partial charge in [-0.2, -0.15) is 5.10 Å². The summed E-state index contributed by atoms with van der Waals surface area (Å²) in [5, 5.41) is 5.04. The molecule has 0 aliphatic heterocycles. The number of aromatic nitrogens is 2. The smallest absolute Gasteiger partial charge is 0.225 e. The van der Waals surface area contributed by atoms with Gasteiger partial charge in [0.05, 0.1) is 5.69 Å². The molecule has 2 rings (SSSR count). The summed E-state index contributed by atoms with van der Waals surface area (Å²) in [6, 6.07) is 5.78. The van der Waals surface area contributed by atoms with Crippen LogP contribution in [0, 0.1) is 13.8 Å². The van der Waals surface area contributed by atoms with E-state index in [2.05, 4.69) is 28.0 Å². The largest absolute Gasteiger partial charge is 0.292 e. The number of amides is 1. The summed E-state index contributed by atoms with van der Waals surface area (Å²) in [7, 11) is 0. The molecule has 118 valence electrons. The van der Waals surface area contributed by atoms with E-state index >= 15 is 0 Å². The number of rotatable bonds is 4. The van der Waals surface area contributed by atoms with Gasteiger partial charge < -0.3 is 0 Å². The molecular weight excluding hydrogens is 366 g/mol. The monoisotopic (exact) mass is 383 g/mol. The molecule has 0 aliphatic rings. The van der Waals surface area contributed by atoms with Gasteiger partial charge in [0, 0.05) is 17.6 Å². The Bertz CT molecular complexity index is 712. The van der Waals surface area contributed by atoms with Crippen LogP contribution in [0.25, 0.3) is 0 Å². The van der Waals surface area contributed by atoms with Crippen molar-refractivity contribution in [2.45, 2.75) is 40.8 Å². The van der Waals surface area contributed by atoms with Crippen LogP contribution in [0.15, 0.2) is 22.8 Å². The molecule has 0 bridgehead atoms. The maximum Gasteiger partial charge on any atom is 0.225 e. The number of carbonyl (C=O) groups is 1. The van der Waals surface area contributed by atoms with Crippen LogP contribution in [0.3, 0.4) is 0 Å². The highest BCUT2D eigenvalue weighted by Crippen LogP contribution is 2.32. The van der Waals surface area contributed by atoms with Crippen molar-refractivity contribution in [1.29, 1.82) is 0 Å². The molecule has 4 nitrogen and oxygen atoms in total. The zero-order valence-corrected chi connectivity index (χ0v) is 15.5. The molecule has 6 heteroatoms. The number of halogens is 2. The van der Waals surface area contributed by atoms with E-state index < -0.39 is 0 Å². The zero-order chi connectivity index (χ0) is 16.4. The van der Waals surface area contributed by atoms with Crippen LogP contribution in [0.2, 0.25) is 5.02 Å². The first-order valence-corrected chi connectivity index (χ1v) is 8.28. The van der Waals surface area contributed by atoms with Crippen LogP contribution in [0.1, 0.15) is 30.7 Å². The second-order valence-electron chi connectivity index (χ2n) is 5.23. The van der Waals surface area contributed by atoms with Crippen molar-refractivity contribution in [3.05, 3.63) is 44.6 Å². The standard InChI is InChI=1S/C16H19BrClN3O/c1-5-13-6-7-14(18)11(3)16(13)20(12(4)22)9-21-10(2)8-15(17)19-21/h6-8H,5,9H2,1-4H3. The van der Waals surface area contributed by atoms with Gasteiger partial charge >= 0.3 is 0 Å². The van der Waals surface area contributed by atoms with Crippen LogP contribution in [-0.2, 0) is 17.9 Å². The third-order valence-electron chi connectivity index (χ3n) is 3.71. The second kappa shape index (κ2) is 6.84. The van der Waals surface area contributed by atoms with E-state index in [1.54, 1.807) is 16.5 Å². The maximum atomic E-state index is 12.2. The summed E-state index contributed by atoms with van der Waals surface area (Å²) >= 11 is 9.63. The lowest BCUT2D eigenvalue weighted by Crippen LogP contribution is -2.33. The molecule has 1 aromatic carbocycles. The molecule has 2 aromatic rings. The number of nitrogens with zero attached hydrogens (tertiary/aromatic N) is 3. The molecule has 0 aliphatic carbocycles. The van der Waals surface area contributed by atoms with Gasteiger partial charge in [0.1, 0.15) is 11.3 Å². The van der Waals surface area contributed by atoms with Crippen molar-refractivity contribution in [1.82, 2.24) is 9.78 Å². The van der Waals surface area contributed by atoms with E-state index in [0.717, 1.165) is 33.5 Å². The lowest BCUT2D eigenvalue weighted by Gasteiger charge is -2.26. The number of benzene rings is 1. The van der Waals surface area contributed by atoms with Gasteiger partial charge in [-0.05, 0) is 59.5 Å². The highest BCUT2D eigenvalue weighted by atomic mass is 79.9. The minimum absolute atomic E-state index is 0.0360. The van der Waals surface area contributed by atoms with Crippen LogP contribution >= 0.6 is 27.5 Å². The SMILES string of the molecule is CCc1ccc(Cl)c(C)c1N(Cn1nc(Br)cc1C)C(C)=O. The third kappa shape index (κ3) is 3.36. The van der Waals surface area contributed by atoms with Crippen molar-refractivity contribution in [3.8, 4) is 0 Å². The summed E-state index contributed by atoms with van der Waals surface area (Å²) in [5.41, 5.74) is 3.88. The van der Waals surface area contributed by atoms with E-state index in [1.807, 2.05) is 32.0 Å². The average molecular weight is 385 g/mol. The Morgan fingerprint density at radius 3 is 2.59 bits per heavy atom. The minimum Gasteiger partial charge on any atom is -0.292 e. The van der Waals surface area contributed by atoms with E-state index in [-0.39, 0.29) is 5.91 Å². The highest BCUT2D eigenvalue weighted by Gasteiger charge is 2.20. The fourth-order valence-corrected chi connectivity index (χ4v) is 3.14. The van der Waals surface area contributed by atoms with Crippen molar-refractivity contribution < 1.29 is 4.79 Å². The fourth-order valence-electron chi connectivity index (χ4n) is 2.47. The lowest BCUT2D eigenvalue weighted by molar-refractivity contribution is -0.117. The number of aryl methyl sites for hydroxylation is 2. The normalized spacial score (nSPS) is 10.8. The lowest BCUT2D eigenvalue weighted by atomic mass is 10.0. The van der Waals surface area contributed by atoms with E-state index in [9.17, 15) is 4.79 Å². The van der Waals surface area contributed by atoms with E-state index in [4.69, 9.17) is 11.6 Å². The topological polar surface area (TPSA) is 38.1 Å². The number of anilines is 1. The summed E-state index contributed by atoms with van der Waals surface area (Å²) in [5.74, 6) is -0.0360. The summed E-state index contributed by atoms with van der Waals surface area (Å²) < 4.78 is 2.55. The molecule has 0 atom stereocenters. The molecule has 0 radical (unpaired) electrons. The van der Waals surface area contributed by atoms with Gasteiger partial charge in [-0.1, -0.05) is 24.6 Å². The quantitative estimate of drug-likeness (QED) is 0.779. The van der Waals surface area contributed by atoms with Crippen LogP contribution in [0.5, 0.6) is 0 Å². The predicted molar refractivity (Wildman–Crippen MR) is 93.4 cm³/mol. The molecule has 0 fully saturated rings. The average Bonchev–Trinajstić information content (AvgIpc) is 2.77. The van der Waals surface area contributed by atoms with Gasteiger partial charge in [0.25, 0.3) is 0 Å². The van der Waals surface area contributed by atoms with Crippen molar-refractivity contribution in [2.24, 2.45) is 0 Å². The van der Waals surface area contributed by atoms with Crippen molar-refractivity contribution in [3.63, 3.8) is 0 Å². The number of hydrogen-bond donors (Lipinski definition) is 0. The van der Waals surface area contributed by atoms with Gasteiger partial charge in [-0.3, -0.25) is 9.69 Å². The molecule has 1 heterocycles. The first-order chi connectivity index (χ1) is 10.3. The van der Waals surface area contributed by atoms with Gasteiger partial charge in [0.15, 0.2) is 0 Å². The minimum atomic E-state index is -0.0360. The Morgan fingerprint density at radius 2 is 2.09 bits per heavy atom. The summed E-state index contributed by atoms with van der Waals surface area (Å²) in [6.07, 6.45) is 0.832. The summed E-state index contributed by atoms with van der Waals surface area (Å²) in [4.78, 5) is 14.0. The van der Waals surface area contributed by atoms with Gasteiger partial charge in [-0.15, -0.1) is 0 Å². The molecule has 0 saturated heterocycles. The molecule has 1 amide bonds. The number of hydrogen-bond acceptors (Lipinski definition) is 2. The number of carbonyl (C=O) groups excluding carboxylic acids is 1. The Labute approximate surface area is 144 Å². The Kier molecular flexibility index (Phi) is 5.29. The van der Waals surface area contributed by atoms with Crippen molar-refractivity contribution in [2.75, 3.05) is 4.90 Å². The Balaban J connectivity index is 2.51. The second-order valence-corrected chi connectivity index (χ2v) is 6.45. The third-order valence-corrected chi connectivity index (χ3v) is 4.50. The fraction of sp³-hybridized carbons (Fsp3) is 0.375. The molecule has 22 heavy (non-hydrogen) atoms. The maximum absolute atomic E-state index is 12.2. The first kappa shape index (κ1) is 17.0. The summed E-state index contributed by atoms with van der Waals surface area (Å²) in [6.45, 7) is 7.90. The highest BCUT2D eigenvalue weighted by molar-refractivity contribution is 9.10. The van der Waals surface area contributed by atoms with Gasteiger partial charge in [0.2, 0.25) is 5.91 Å². The molecule has 0 saturated carbocycles. The molecular formula is C16H19BrClN3O. The Hall–Kier alpha value is -1.33. The Morgan fingerprint density at radius 1 is 1.41 bits per heavy atom. The van der Waals surface area contributed by atoms with Crippen LogP contribution < -0.4 is 4.90 Å². The molecule has 1 aromatic heterocycles. The van der Waals surface area contributed by atoms with E-state index in [0.29, 0.717) is 11.7 Å². The molecule has 0 unspecified atom stereocenters. The molecule has 0 spiro atoms. The molecule has 0 N–H and O–H groups in total. The van der Waals surface area contributed by atoms with Crippen LogP contribution in [0.4, 0.5) is 5.69 Å². The van der Waals surface area contributed by atoms with Gasteiger partial charge in [-0.25, -0.2) is 4.68 Å². The van der Waals surface area contributed by atoms with Crippen LogP contribution in [-0.4, -0.2) is 15.7 Å². The van der Waals surface area contributed by atoms with Crippen molar-refractivity contribution >= 4 is 39.1 Å². The zero-order valence-electron chi connectivity index (χ0n) is 13.2.